The minimum atomic E-state index is -0.375. The third-order valence-electron chi connectivity index (χ3n) is 6.02. The van der Waals surface area contributed by atoms with E-state index < -0.39 is 0 Å². The van der Waals surface area contributed by atoms with Crippen LogP contribution in [0.1, 0.15) is 29.5 Å². The molecule has 7 heteroatoms. The van der Waals surface area contributed by atoms with E-state index in [0.29, 0.717) is 13.0 Å². The van der Waals surface area contributed by atoms with Crippen molar-refractivity contribution in [2.75, 3.05) is 13.0 Å². The molecule has 1 saturated carbocycles. The van der Waals surface area contributed by atoms with Crippen LogP contribution in [0.5, 0.6) is 11.5 Å². The van der Waals surface area contributed by atoms with Crippen molar-refractivity contribution in [3.63, 3.8) is 0 Å². The number of benzene rings is 3. The molecule has 0 amide bonds. The van der Waals surface area contributed by atoms with Crippen LogP contribution in [0.3, 0.4) is 0 Å². The average molecular weight is 468 g/mol. The summed E-state index contributed by atoms with van der Waals surface area (Å²) < 4.78 is 18.4. The van der Waals surface area contributed by atoms with Crippen molar-refractivity contribution in [1.82, 2.24) is 0 Å². The monoisotopic (exact) mass is 467 g/mol. The van der Waals surface area contributed by atoms with Crippen LogP contribution >= 0.6 is 12.0 Å². The average Bonchev–Trinajstić information content (AvgIpc) is 3.51. The normalized spacial score (nSPS) is 14.5. The van der Waals surface area contributed by atoms with Crippen molar-refractivity contribution in [2.24, 2.45) is 5.73 Å². The van der Waals surface area contributed by atoms with Crippen LogP contribution in [0.4, 0.5) is 0 Å². The van der Waals surface area contributed by atoms with Gasteiger partial charge in [0.1, 0.15) is 5.78 Å². The predicted octanol–water partition coefficient (Wildman–Crippen LogP) is 4.38. The molecule has 0 saturated heterocycles. The molecule has 3 aromatic carbocycles. The third-order valence-corrected chi connectivity index (χ3v) is 6.02. The van der Waals surface area contributed by atoms with E-state index in [0.717, 1.165) is 64.2 Å². The van der Waals surface area contributed by atoms with Crippen molar-refractivity contribution in [3.8, 4) is 22.6 Å². The van der Waals surface area contributed by atoms with Gasteiger partial charge in [0.2, 0.25) is 6.79 Å². The predicted molar refractivity (Wildman–Crippen MR) is 132 cm³/mol. The van der Waals surface area contributed by atoms with Crippen LogP contribution in [0.15, 0.2) is 66.7 Å². The van der Waals surface area contributed by atoms with Gasteiger partial charge < -0.3 is 25.2 Å². The van der Waals surface area contributed by atoms with Gasteiger partial charge in [-0.2, -0.15) is 0 Å². The lowest BCUT2D eigenvalue weighted by Crippen LogP contribution is -2.22. The Balaban J connectivity index is 0.000000728. The summed E-state index contributed by atoms with van der Waals surface area (Å²) >= 11 is 0.750. The van der Waals surface area contributed by atoms with Gasteiger partial charge in [0.15, 0.2) is 11.5 Å². The molecule has 0 aromatic heterocycles. The number of ketones is 1. The summed E-state index contributed by atoms with van der Waals surface area (Å²) in [6.45, 7) is 0.787. The fourth-order valence-electron chi connectivity index (χ4n) is 4.10. The molecule has 0 unspecified atom stereocenters. The first-order valence-electron chi connectivity index (χ1n) is 10.6. The summed E-state index contributed by atoms with van der Waals surface area (Å²) in [4.78, 5) is 13.2. The molecule has 1 aliphatic carbocycles. The number of nitrogens with two attached hydrogens (primary N) is 1. The van der Waals surface area contributed by atoms with Gasteiger partial charge in [0.25, 0.3) is 0 Å². The molecule has 1 fully saturated rings. The second-order valence-corrected chi connectivity index (χ2v) is 8.40. The molecule has 0 radical (unpaired) electrons. The van der Waals surface area contributed by atoms with E-state index in [4.69, 9.17) is 19.8 Å². The van der Waals surface area contributed by atoms with Crippen molar-refractivity contribution >= 4 is 17.8 Å². The van der Waals surface area contributed by atoms with Crippen molar-refractivity contribution in [3.05, 3.63) is 83.4 Å². The largest absolute Gasteiger partial charge is 0.454 e. The minimum absolute atomic E-state index is 0. The zero-order valence-electron chi connectivity index (χ0n) is 18.5. The Morgan fingerprint density at radius 1 is 0.970 bits per heavy atom. The summed E-state index contributed by atoms with van der Waals surface area (Å²) in [5.41, 5.74) is 10.8. The van der Waals surface area contributed by atoms with E-state index in [2.05, 4.69) is 24.3 Å². The van der Waals surface area contributed by atoms with Gasteiger partial charge >= 0.3 is 0 Å². The summed E-state index contributed by atoms with van der Waals surface area (Å²) in [5.74, 6) is 1.77. The molecule has 174 valence electrons. The zero-order valence-corrected chi connectivity index (χ0v) is 19.4. The van der Waals surface area contributed by atoms with E-state index in [9.17, 15) is 4.79 Å². The van der Waals surface area contributed by atoms with Gasteiger partial charge in [-0.05, 0) is 64.8 Å². The molecule has 0 bridgehead atoms. The quantitative estimate of drug-likeness (QED) is 0.520. The highest BCUT2D eigenvalue weighted by Gasteiger charge is 2.50. The van der Waals surface area contributed by atoms with Crippen molar-refractivity contribution in [2.45, 2.75) is 31.2 Å². The Labute approximate surface area is 198 Å². The standard InChI is InChI=1S/C25H23NO3.CH4OS.H2O/c26-15-17-4-6-19(7-5-17)20-3-1-2-18(12-20)13-24(27)25(10-11-25)21-8-9-22-23(14-21)29-16-28-22;1-3-2;/h1-9,12,14H,10-11,13,15-16,26H2;2H,1H3;1H2. The van der Waals surface area contributed by atoms with E-state index in [-0.39, 0.29) is 23.5 Å². The molecule has 5 N–H and O–H groups in total. The molecule has 33 heavy (non-hydrogen) atoms. The molecule has 1 heterocycles. The maximum atomic E-state index is 13.2. The fraction of sp³-hybridized carbons (Fsp3) is 0.269. The lowest BCUT2D eigenvalue weighted by molar-refractivity contribution is -0.120. The lowest BCUT2D eigenvalue weighted by Gasteiger charge is -2.15. The van der Waals surface area contributed by atoms with Gasteiger partial charge in [-0.25, -0.2) is 0 Å². The number of Topliss-reactive ketones (excluding diaryl/α,β-unsaturated/α-hetero) is 1. The minimum Gasteiger partial charge on any atom is -0.454 e. The molecule has 2 aliphatic rings. The topological polar surface area (TPSA) is 113 Å². The van der Waals surface area contributed by atoms with E-state index in [1.54, 1.807) is 6.26 Å². The second kappa shape index (κ2) is 10.9. The zero-order chi connectivity index (χ0) is 22.6. The fourth-order valence-corrected chi connectivity index (χ4v) is 4.10. The van der Waals surface area contributed by atoms with Crippen LogP contribution in [-0.2, 0) is 23.2 Å². The number of fused-ring (bicyclic) bond motifs is 1. The summed E-state index contributed by atoms with van der Waals surface area (Å²) in [6, 6.07) is 22.4. The maximum absolute atomic E-state index is 13.2. The number of hydrogen-bond donors (Lipinski definition) is 2. The number of carbonyl (C=O) groups excluding carboxylic acids is 1. The maximum Gasteiger partial charge on any atom is 0.231 e. The van der Waals surface area contributed by atoms with Crippen LogP contribution in [-0.4, -0.2) is 28.9 Å². The Kier molecular flexibility index (Phi) is 8.15. The van der Waals surface area contributed by atoms with Gasteiger partial charge in [-0.15, -0.1) is 0 Å². The molecule has 5 rings (SSSR count). The molecule has 0 spiro atoms. The van der Waals surface area contributed by atoms with Crippen LogP contribution < -0.4 is 15.2 Å². The smallest absolute Gasteiger partial charge is 0.231 e. The first-order valence-corrected chi connectivity index (χ1v) is 11.8. The third kappa shape index (κ3) is 5.39. The Bertz CT molecular complexity index is 1100. The van der Waals surface area contributed by atoms with Crippen LogP contribution in [0, 0.1) is 0 Å². The van der Waals surface area contributed by atoms with Gasteiger partial charge in [-0.3, -0.25) is 4.79 Å². The van der Waals surface area contributed by atoms with Gasteiger partial charge in [0.05, 0.1) is 5.41 Å². The van der Waals surface area contributed by atoms with Gasteiger partial charge in [-0.1, -0.05) is 54.6 Å². The molecule has 6 nitrogen and oxygen atoms in total. The Morgan fingerprint density at radius 3 is 2.33 bits per heavy atom. The van der Waals surface area contributed by atoms with Crippen LogP contribution in [0.2, 0.25) is 0 Å². The van der Waals surface area contributed by atoms with Gasteiger partial charge in [0, 0.05) is 19.2 Å². The number of ether oxygens (including phenoxy) is 2. The molecule has 1 aliphatic heterocycles. The summed E-state index contributed by atoms with van der Waals surface area (Å²) in [5, 5.41) is 0. The van der Waals surface area contributed by atoms with E-state index >= 15 is 0 Å². The van der Waals surface area contributed by atoms with Crippen molar-refractivity contribution < 1.29 is 24.3 Å². The highest BCUT2D eigenvalue weighted by Crippen LogP contribution is 2.51. The highest BCUT2D eigenvalue weighted by molar-refractivity contribution is 7.93. The number of carbonyl (C=O) groups is 1. The number of rotatable bonds is 6. The van der Waals surface area contributed by atoms with Crippen LogP contribution in [0.25, 0.3) is 11.1 Å². The van der Waals surface area contributed by atoms with Crippen molar-refractivity contribution in [1.29, 1.82) is 0 Å². The summed E-state index contributed by atoms with van der Waals surface area (Å²) in [7, 11) is 0. The molecular formula is C26H29NO5S. The van der Waals surface area contributed by atoms with E-state index in [1.807, 2.05) is 42.5 Å². The van der Waals surface area contributed by atoms with E-state index in [1.165, 1.54) is 0 Å². The molecular weight excluding hydrogens is 438 g/mol. The highest BCUT2D eigenvalue weighted by atomic mass is 32.2. The Morgan fingerprint density at radius 2 is 1.67 bits per heavy atom. The lowest BCUT2D eigenvalue weighted by atomic mass is 9.87. The first kappa shape index (κ1) is 24.8. The Hall–Kier alpha value is -2.84. The second-order valence-electron chi connectivity index (χ2n) is 8.03. The SMILES string of the molecule is CSO.NCc1ccc(-c2cccc(CC(=O)C3(c4ccc5c(c4)OCO5)CC3)c2)cc1.O. The number of hydrogen-bond acceptors (Lipinski definition) is 6. The molecule has 3 aromatic rings. The summed E-state index contributed by atoms with van der Waals surface area (Å²) in [6.07, 6.45) is 3.82. The first-order chi connectivity index (χ1) is 15.6. The molecule has 0 atom stereocenters.